The van der Waals surface area contributed by atoms with Crippen LogP contribution in [-0.4, -0.2) is 56.0 Å². The fourth-order valence-corrected chi connectivity index (χ4v) is 6.29. The molecule has 3 aromatic rings. The number of hydrogen-bond acceptors (Lipinski definition) is 6. The molecule has 0 amide bonds. The Bertz CT molecular complexity index is 1430. The summed E-state index contributed by atoms with van der Waals surface area (Å²) in [6.07, 6.45) is 11.5. The Morgan fingerprint density at radius 1 is 0.957 bits per heavy atom. The molecule has 0 aromatic heterocycles. The lowest BCUT2D eigenvalue weighted by Gasteiger charge is -2.29. The van der Waals surface area contributed by atoms with Gasteiger partial charge in [-0.05, 0) is 83.0 Å². The Kier molecular flexibility index (Phi) is 15.4. The molecule has 1 atom stereocenters. The van der Waals surface area contributed by atoms with E-state index in [1.54, 1.807) is 7.11 Å². The van der Waals surface area contributed by atoms with Gasteiger partial charge in [-0.15, -0.1) is 0 Å². The highest BCUT2D eigenvalue weighted by molar-refractivity contribution is 5.92. The molecule has 1 saturated carbocycles. The largest absolute Gasteiger partial charge is 0.462 e. The van der Waals surface area contributed by atoms with Gasteiger partial charge in [0.2, 0.25) is 0 Å². The molecule has 0 radical (unpaired) electrons. The molecule has 0 spiro atoms. The van der Waals surface area contributed by atoms with Gasteiger partial charge in [-0.2, -0.15) is 0 Å². The van der Waals surface area contributed by atoms with Crippen LogP contribution in [0.1, 0.15) is 86.8 Å². The number of benzene rings is 3. The number of aliphatic hydroxyl groups is 2. The third-order valence-electron chi connectivity index (χ3n) is 9.17. The van der Waals surface area contributed by atoms with Gasteiger partial charge in [0, 0.05) is 18.6 Å². The van der Waals surface area contributed by atoms with Crippen molar-refractivity contribution in [1.82, 2.24) is 0 Å². The number of unbranched alkanes of at least 4 members (excludes halogenated alkanes) is 2. The molecule has 1 aliphatic rings. The van der Waals surface area contributed by atoms with E-state index in [-0.39, 0.29) is 30.3 Å². The zero-order valence-electron chi connectivity index (χ0n) is 27.9. The molecule has 1 fully saturated rings. The predicted octanol–water partition coefficient (Wildman–Crippen LogP) is 8.22. The van der Waals surface area contributed by atoms with Crippen LogP contribution in [0, 0.1) is 12.8 Å². The molecule has 0 heterocycles. The van der Waals surface area contributed by atoms with E-state index in [4.69, 9.17) is 19.7 Å². The number of aldehydes is 1. The normalized spacial score (nSPS) is 16.6. The number of esters is 1. The number of ether oxygens (including phenoxy) is 2. The van der Waals surface area contributed by atoms with Crippen LogP contribution in [-0.2, 0) is 19.1 Å². The fraction of sp³-hybridized carbons (Fsp3) is 0.450. The molecule has 3 aromatic carbocycles. The maximum Gasteiger partial charge on any atom is 0.335 e. The third-order valence-corrected chi connectivity index (χ3v) is 9.17. The molecule has 6 heteroatoms. The highest BCUT2D eigenvalue weighted by atomic mass is 16.5. The van der Waals surface area contributed by atoms with Crippen LogP contribution in [0.25, 0.3) is 21.9 Å². The topological polar surface area (TPSA) is 93.1 Å². The van der Waals surface area contributed by atoms with Crippen molar-refractivity contribution in [2.75, 3.05) is 33.5 Å². The van der Waals surface area contributed by atoms with Crippen LogP contribution in [0.4, 0.5) is 0 Å². The number of aliphatic hydroxyl groups excluding tert-OH is 2. The summed E-state index contributed by atoms with van der Waals surface area (Å²) in [5.41, 5.74) is 6.59. The van der Waals surface area contributed by atoms with Crippen LogP contribution < -0.4 is 0 Å². The molecule has 46 heavy (non-hydrogen) atoms. The van der Waals surface area contributed by atoms with Gasteiger partial charge in [-0.1, -0.05) is 100 Å². The summed E-state index contributed by atoms with van der Waals surface area (Å²) in [6.45, 7) is 11.1. The summed E-state index contributed by atoms with van der Waals surface area (Å²) in [7, 11) is 1.64. The number of hydrogen-bond donors (Lipinski definition) is 2. The molecule has 0 aliphatic heterocycles. The second kappa shape index (κ2) is 19.2. The van der Waals surface area contributed by atoms with Crippen molar-refractivity contribution in [2.24, 2.45) is 5.92 Å². The smallest absolute Gasteiger partial charge is 0.335 e. The quantitative estimate of drug-likeness (QED) is 0.0763. The molecule has 0 saturated heterocycles. The summed E-state index contributed by atoms with van der Waals surface area (Å²) in [6, 6.07) is 20.1. The summed E-state index contributed by atoms with van der Waals surface area (Å²) >= 11 is 0. The molecule has 248 valence electrons. The predicted molar refractivity (Wildman–Crippen MR) is 187 cm³/mol. The average molecular weight is 629 g/mol. The maximum atomic E-state index is 12.0. The molecule has 1 unspecified atom stereocenters. The fourth-order valence-electron chi connectivity index (χ4n) is 6.29. The second-order valence-electron chi connectivity index (χ2n) is 12.5. The van der Waals surface area contributed by atoms with Gasteiger partial charge in [0.25, 0.3) is 0 Å². The van der Waals surface area contributed by atoms with E-state index < -0.39 is 12.6 Å². The number of methoxy groups -OCH3 is 1. The van der Waals surface area contributed by atoms with E-state index in [2.05, 4.69) is 81.6 Å². The van der Waals surface area contributed by atoms with Crippen molar-refractivity contribution in [2.45, 2.75) is 77.0 Å². The Morgan fingerprint density at radius 2 is 1.67 bits per heavy atom. The molecule has 6 nitrogen and oxygen atoms in total. The van der Waals surface area contributed by atoms with E-state index >= 15 is 0 Å². The van der Waals surface area contributed by atoms with Crippen molar-refractivity contribution in [3.8, 4) is 11.1 Å². The Hall–Kier alpha value is -3.58. The zero-order valence-corrected chi connectivity index (χ0v) is 27.9. The third kappa shape index (κ3) is 10.5. The van der Waals surface area contributed by atoms with E-state index in [0.717, 1.165) is 16.9 Å². The molecule has 1 aliphatic carbocycles. The lowest BCUT2D eigenvalue weighted by Crippen LogP contribution is -2.18. The lowest BCUT2D eigenvalue weighted by atomic mass is 9.77. The first-order valence-electron chi connectivity index (χ1n) is 16.6. The highest BCUT2D eigenvalue weighted by Crippen LogP contribution is 2.39. The van der Waals surface area contributed by atoms with Crippen molar-refractivity contribution in [3.63, 3.8) is 0 Å². The first-order chi connectivity index (χ1) is 22.3. The molecular weight excluding hydrogens is 576 g/mol. The van der Waals surface area contributed by atoms with Gasteiger partial charge in [0.1, 0.15) is 12.9 Å². The van der Waals surface area contributed by atoms with E-state index in [9.17, 15) is 9.59 Å². The first-order valence-corrected chi connectivity index (χ1v) is 16.6. The average Bonchev–Trinajstić information content (AvgIpc) is 3.10. The van der Waals surface area contributed by atoms with Gasteiger partial charge in [0.15, 0.2) is 0 Å². The monoisotopic (exact) mass is 628 g/mol. The van der Waals surface area contributed by atoms with Crippen LogP contribution >= 0.6 is 0 Å². The van der Waals surface area contributed by atoms with Gasteiger partial charge >= 0.3 is 5.97 Å². The second-order valence-corrected chi connectivity index (χ2v) is 12.5. The van der Waals surface area contributed by atoms with Gasteiger partial charge < -0.3 is 19.7 Å². The Balaban J connectivity index is 0.000000875. The molecule has 4 rings (SSSR count). The Morgan fingerprint density at radius 3 is 2.26 bits per heavy atom. The number of carbonyl (C=O) groups excluding carboxylic acids is 2. The van der Waals surface area contributed by atoms with E-state index in [1.165, 1.54) is 79.0 Å². The minimum Gasteiger partial charge on any atom is -0.462 e. The summed E-state index contributed by atoms with van der Waals surface area (Å²) in [5, 5.41) is 19.5. The van der Waals surface area contributed by atoms with Crippen LogP contribution in [0.5, 0.6) is 0 Å². The number of carbonyl (C=O) groups is 2. The van der Waals surface area contributed by atoms with Crippen LogP contribution in [0.2, 0.25) is 0 Å². The van der Waals surface area contributed by atoms with Gasteiger partial charge in [-0.3, -0.25) is 4.79 Å². The van der Waals surface area contributed by atoms with Crippen LogP contribution in [0.15, 0.2) is 78.9 Å². The zero-order chi connectivity index (χ0) is 33.5. The minimum absolute atomic E-state index is 0.0519. The maximum absolute atomic E-state index is 12.0. The van der Waals surface area contributed by atoms with E-state index in [1.807, 2.05) is 0 Å². The number of fused-ring (bicyclic) bond motifs is 1. The summed E-state index contributed by atoms with van der Waals surface area (Å²) in [5.74, 6) is 0.956. The molecule has 2 N–H and O–H groups in total. The summed E-state index contributed by atoms with van der Waals surface area (Å²) < 4.78 is 10.8. The number of rotatable bonds is 15. The molecule has 0 bridgehead atoms. The van der Waals surface area contributed by atoms with Crippen molar-refractivity contribution >= 4 is 23.0 Å². The summed E-state index contributed by atoms with van der Waals surface area (Å²) in [4.78, 5) is 21.5. The van der Waals surface area contributed by atoms with Gasteiger partial charge in [-0.25, -0.2) is 4.79 Å². The van der Waals surface area contributed by atoms with Gasteiger partial charge in [0.05, 0.1) is 25.4 Å². The molecular formula is C40H52O6. The highest BCUT2D eigenvalue weighted by Gasteiger charge is 2.22. The van der Waals surface area contributed by atoms with Crippen molar-refractivity contribution < 1.29 is 29.3 Å². The van der Waals surface area contributed by atoms with Crippen molar-refractivity contribution in [1.29, 1.82) is 0 Å². The minimum atomic E-state index is -0.578. The Labute approximate surface area is 275 Å². The van der Waals surface area contributed by atoms with E-state index in [0.29, 0.717) is 18.8 Å². The van der Waals surface area contributed by atoms with Crippen LogP contribution in [0.3, 0.4) is 0 Å². The number of aryl methyl sites for hydroxylation is 1. The standard InChI is InChI=1S/C36H46O4.C4H6O2/c1-5-6-7-8-27-9-11-28(12-10-27)29-13-15-30(16-14-29)34-20-18-32-21-31(17-19-35(32)26(34)3)33(23-39-4)24-40-36(38)25(2)22-37;1-4(2-5)3-6/h13-21,27-28,33,37H,2,5-12,22-24H2,1,3-4H3;2,6H,1,3H2. The SMILES string of the molecule is C=C(C=O)CO.C=C(CO)C(=O)OCC(COC)c1ccc2c(C)c(-c3ccc(C4CCC(CCCCC)CC4)cc3)ccc2c1. The lowest BCUT2D eigenvalue weighted by molar-refractivity contribution is -0.140. The first kappa shape index (κ1) is 36.9. The van der Waals surface area contributed by atoms with Crippen molar-refractivity contribution in [3.05, 3.63) is 95.6 Å².